The quantitative estimate of drug-likeness (QED) is 0.902. The van der Waals surface area contributed by atoms with Gasteiger partial charge >= 0.3 is 0 Å². The minimum atomic E-state index is -0.173. The van der Waals surface area contributed by atoms with Crippen molar-refractivity contribution in [1.82, 2.24) is 20.4 Å². The van der Waals surface area contributed by atoms with Crippen LogP contribution in [0.15, 0.2) is 35.1 Å². The average molecular weight is 356 g/mol. The highest BCUT2D eigenvalue weighted by Crippen LogP contribution is 2.35. The van der Waals surface area contributed by atoms with Gasteiger partial charge in [0.25, 0.3) is 5.91 Å². The molecule has 0 saturated carbocycles. The summed E-state index contributed by atoms with van der Waals surface area (Å²) < 4.78 is 11.3. The second kappa shape index (κ2) is 7.17. The SMILES string of the molecule is Cc1cc(CN2CC[C@@]3(C[C@H](NC(=O)c4ccncc4)CCO3)C2)no1. The van der Waals surface area contributed by atoms with Crippen molar-refractivity contribution in [2.45, 2.75) is 44.4 Å². The maximum absolute atomic E-state index is 12.4. The number of amides is 1. The molecule has 7 heteroatoms. The molecule has 0 unspecified atom stereocenters. The van der Waals surface area contributed by atoms with E-state index in [1.807, 2.05) is 13.0 Å². The van der Waals surface area contributed by atoms with E-state index in [0.29, 0.717) is 12.2 Å². The van der Waals surface area contributed by atoms with E-state index < -0.39 is 0 Å². The Morgan fingerprint density at radius 2 is 2.27 bits per heavy atom. The molecule has 1 spiro atoms. The summed E-state index contributed by atoms with van der Waals surface area (Å²) >= 11 is 0. The van der Waals surface area contributed by atoms with E-state index >= 15 is 0 Å². The zero-order valence-electron chi connectivity index (χ0n) is 15.0. The van der Waals surface area contributed by atoms with Crippen LogP contribution in [0, 0.1) is 6.92 Å². The van der Waals surface area contributed by atoms with E-state index in [1.165, 1.54) is 0 Å². The molecule has 0 radical (unpaired) electrons. The Morgan fingerprint density at radius 3 is 3.04 bits per heavy atom. The van der Waals surface area contributed by atoms with Crippen molar-refractivity contribution in [3.63, 3.8) is 0 Å². The van der Waals surface area contributed by atoms with Crippen molar-refractivity contribution in [3.05, 3.63) is 47.6 Å². The van der Waals surface area contributed by atoms with E-state index in [2.05, 4.69) is 20.4 Å². The number of rotatable bonds is 4. The summed E-state index contributed by atoms with van der Waals surface area (Å²) in [6.45, 7) is 5.19. The Morgan fingerprint density at radius 1 is 1.42 bits per heavy atom. The lowest BCUT2D eigenvalue weighted by atomic mass is 9.89. The second-order valence-electron chi connectivity index (χ2n) is 7.32. The fourth-order valence-corrected chi connectivity index (χ4v) is 3.99. The zero-order valence-corrected chi connectivity index (χ0v) is 15.0. The van der Waals surface area contributed by atoms with Gasteiger partial charge in [-0.1, -0.05) is 5.16 Å². The van der Waals surface area contributed by atoms with Crippen LogP contribution < -0.4 is 5.32 Å². The molecule has 1 amide bonds. The molecule has 138 valence electrons. The Bertz CT molecular complexity index is 763. The topological polar surface area (TPSA) is 80.5 Å². The van der Waals surface area contributed by atoms with Gasteiger partial charge in [0.1, 0.15) is 5.76 Å². The Labute approximate surface area is 152 Å². The van der Waals surface area contributed by atoms with Gasteiger partial charge in [-0.15, -0.1) is 0 Å². The van der Waals surface area contributed by atoms with Crippen LogP contribution in [0.2, 0.25) is 0 Å². The number of nitrogens with one attached hydrogen (secondary N) is 1. The number of nitrogens with zero attached hydrogens (tertiary/aromatic N) is 3. The van der Waals surface area contributed by atoms with Crippen LogP contribution in [0.1, 0.15) is 41.1 Å². The van der Waals surface area contributed by atoms with Gasteiger partial charge in [-0.3, -0.25) is 14.7 Å². The number of hydrogen-bond acceptors (Lipinski definition) is 6. The van der Waals surface area contributed by atoms with Crippen molar-refractivity contribution in [2.24, 2.45) is 0 Å². The predicted molar refractivity (Wildman–Crippen MR) is 94.5 cm³/mol. The van der Waals surface area contributed by atoms with Gasteiger partial charge in [-0.05, 0) is 38.3 Å². The van der Waals surface area contributed by atoms with Crippen molar-refractivity contribution in [1.29, 1.82) is 0 Å². The summed E-state index contributed by atoms with van der Waals surface area (Å²) in [5.74, 6) is 0.795. The van der Waals surface area contributed by atoms with E-state index in [4.69, 9.17) is 9.26 Å². The number of aromatic nitrogens is 2. The molecule has 2 aromatic heterocycles. The lowest BCUT2D eigenvalue weighted by molar-refractivity contribution is -0.0793. The van der Waals surface area contributed by atoms with E-state index in [-0.39, 0.29) is 17.6 Å². The van der Waals surface area contributed by atoms with Crippen LogP contribution in [0.3, 0.4) is 0 Å². The minimum Gasteiger partial charge on any atom is -0.373 e. The van der Waals surface area contributed by atoms with Crippen molar-refractivity contribution < 1.29 is 14.1 Å². The molecule has 0 aliphatic carbocycles. The van der Waals surface area contributed by atoms with Gasteiger partial charge in [-0.25, -0.2) is 0 Å². The molecule has 0 aromatic carbocycles. The first-order valence-corrected chi connectivity index (χ1v) is 9.11. The second-order valence-corrected chi connectivity index (χ2v) is 7.32. The molecule has 1 N–H and O–H groups in total. The standard InChI is InChI=1S/C19H24N4O3/c1-14-10-17(22-26-14)12-23-8-5-19(13-23)11-16(4-9-25-19)21-18(24)15-2-6-20-7-3-15/h2-3,6-7,10,16H,4-5,8-9,11-13H2,1H3,(H,21,24)/t16-,19-/m1/s1. The van der Waals surface area contributed by atoms with Crippen LogP contribution in [0.25, 0.3) is 0 Å². The summed E-state index contributed by atoms with van der Waals surface area (Å²) in [5, 5.41) is 7.24. The molecular weight excluding hydrogens is 332 g/mol. The summed E-state index contributed by atoms with van der Waals surface area (Å²) in [7, 11) is 0. The number of carbonyl (C=O) groups is 1. The molecule has 2 aliphatic rings. The smallest absolute Gasteiger partial charge is 0.251 e. The highest BCUT2D eigenvalue weighted by molar-refractivity contribution is 5.94. The van der Waals surface area contributed by atoms with Crippen LogP contribution in [-0.2, 0) is 11.3 Å². The molecule has 2 aromatic rings. The molecule has 2 aliphatic heterocycles. The summed E-state index contributed by atoms with van der Waals surface area (Å²) in [6, 6.07) is 5.59. The van der Waals surface area contributed by atoms with Gasteiger partial charge in [0.05, 0.1) is 11.3 Å². The van der Waals surface area contributed by atoms with Gasteiger partial charge in [0, 0.05) is 56.3 Å². The molecule has 4 heterocycles. The maximum atomic E-state index is 12.4. The Kier molecular flexibility index (Phi) is 4.74. The summed E-state index contributed by atoms with van der Waals surface area (Å²) in [6.07, 6.45) is 5.95. The van der Waals surface area contributed by atoms with Crippen LogP contribution in [0.4, 0.5) is 0 Å². The van der Waals surface area contributed by atoms with E-state index in [9.17, 15) is 4.79 Å². The lowest BCUT2D eigenvalue weighted by Gasteiger charge is -2.38. The van der Waals surface area contributed by atoms with Gasteiger partial charge < -0.3 is 14.6 Å². The molecular formula is C19H24N4O3. The number of aryl methyl sites for hydroxylation is 1. The molecule has 2 atom stereocenters. The fraction of sp³-hybridized carbons (Fsp3) is 0.526. The number of hydrogen-bond donors (Lipinski definition) is 1. The van der Waals surface area contributed by atoms with Crippen molar-refractivity contribution in [2.75, 3.05) is 19.7 Å². The first-order valence-electron chi connectivity index (χ1n) is 9.11. The first kappa shape index (κ1) is 17.2. The monoisotopic (exact) mass is 356 g/mol. The number of ether oxygens (including phenoxy) is 1. The highest BCUT2D eigenvalue weighted by atomic mass is 16.5. The molecule has 0 bridgehead atoms. The highest BCUT2D eigenvalue weighted by Gasteiger charge is 2.43. The Balaban J connectivity index is 1.35. The molecule has 7 nitrogen and oxygen atoms in total. The molecule has 2 saturated heterocycles. The van der Waals surface area contributed by atoms with Gasteiger partial charge in [0.15, 0.2) is 0 Å². The van der Waals surface area contributed by atoms with Gasteiger partial charge in [0.2, 0.25) is 0 Å². The number of carbonyl (C=O) groups excluding carboxylic acids is 1. The summed E-state index contributed by atoms with van der Waals surface area (Å²) in [5.41, 5.74) is 1.43. The van der Waals surface area contributed by atoms with Crippen LogP contribution in [-0.4, -0.2) is 52.3 Å². The first-order chi connectivity index (χ1) is 12.6. The normalized spacial score (nSPS) is 26.3. The van der Waals surface area contributed by atoms with Crippen molar-refractivity contribution >= 4 is 5.91 Å². The maximum Gasteiger partial charge on any atom is 0.251 e. The third kappa shape index (κ3) is 3.78. The zero-order chi connectivity index (χ0) is 18.0. The fourth-order valence-electron chi connectivity index (χ4n) is 3.99. The van der Waals surface area contributed by atoms with E-state index in [1.54, 1.807) is 24.5 Å². The number of pyridine rings is 1. The predicted octanol–water partition coefficient (Wildman–Crippen LogP) is 1.93. The summed E-state index contributed by atoms with van der Waals surface area (Å²) in [4.78, 5) is 18.7. The van der Waals surface area contributed by atoms with Crippen LogP contribution in [0.5, 0.6) is 0 Å². The average Bonchev–Trinajstić information content (AvgIpc) is 3.22. The largest absolute Gasteiger partial charge is 0.373 e. The molecule has 26 heavy (non-hydrogen) atoms. The Hall–Kier alpha value is -2.25. The van der Waals surface area contributed by atoms with E-state index in [0.717, 1.165) is 50.4 Å². The third-order valence-corrected chi connectivity index (χ3v) is 5.23. The van der Waals surface area contributed by atoms with Crippen molar-refractivity contribution in [3.8, 4) is 0 Å². The van der Waals surface area contributed by atoms with Gasteiger partial charge in [-0.2, -0.15) is 0 Å². The lowest BCUT2D eigenvalue weighted by Crippen LogP contribution is -2.49. The molecule has 4 rings (SSSR count). The van der Waals surface area contributed by atoms with Crippen LogP contribution >= 0.6 is 0 Å². The minimum absolute atomic E-state index is 0.0395. The third-order valence-electron chi connectivity index (χ3n) is 5.23. The molecule has 2 fully saturated rings. The number of likely N-dealkylation sites (tertiary alicyclic amines) is 1.